The van der Waals surface area contributed by atoms with E-state index in [1.54, 1.807) is 0 Å². The third kappa shape index (κ3) is 2.49. The third-order valence-corrected chi connectivity index (χ3v) is 4.41. The molecule has 0 saturated heterocycles. The molecule has 8 heteroatoms. The van der Waals surface area contributed by atoms with Gasteiger partial charge in [0.25, 0.3) is 10.0 Å². The molecule has 0 amide bonds. The molecule has 0 aliphatic carbocycles. The zero-order chi connectivity index (χ0) is 15.7. The summed E-state index contributed by atoms with van der Waals surface area (Å²) in [5, 5.41) is 15.8. The van der Waals surface area contributed by atoms with Crippen molar-refractivity contribution in [3.8, 4) is 6.07 Å². The highest BCUT2D eigenvalue weighted by molar-refractivity contribution is 7.92. The Bertz CT molecular complexity index is 1010. The maximum absolute atomic E-state index is 13.1. The Balaban J connectivity index is 2.03. The molecule has 0 spiro atoms. The summed E-state index contributed by atoms with van der Waals surface area (Å²) in [6.07, 6.45) is 0. The van der Waals surface area contributed by atoms with Crippen LogP contribution in [0.15, 0.2) is 47.4 Å². The van der Waals surface area contributed by atoms with Gasteiger partial charge in [0.05, 0.1) is 16.1 Å². The Labute approximate surface area is 125 Å². The minimum absolute atomic E-state index is 0.0397. The van der Waals surface area contributed by atoms with Crippen molar-refractivity contribution in [1.29, 1.82) is 5.26 Å². The first-order valence-electron chi connectivity index (χ1n) is 6.16. The number of benzene rings is 2. The Hall–Kier alpha value is -2.92. The summed E-state index contributed by atoms with van der Waals surface area (Å²) in [4.78, 5) is -0.0397. The van der Waals surface area contributed by atoms with Crippen LogP contribution in [0.25, 0.3) is 10.9 Å². The van der Waals surface area contributed by atoms with E-state index >= 15 is 0 Å². The topological polar surface area (TPSA) is 98.6 Å². The molecule has 0 saturated carbocycles. The van der Waals surface area contributed by atoms with Gasteiger partial charge in [-0.3, -0.25) is 9.82 Å². The second-order valence-electron chi connectivity index (χ2n) is 4.51. The minimum atomic E-state index is -3.89. The molecule has 2 N–H and O–H groups in total. The summed E-state index contributed by atoms with van der Waals surface area (Å²) in [5.41, 5.74) is 0.784. The third-order valence-electron chi connectivity index (χ3n) is 3.03. The highest BCUT2D eigenvalue weighted by atomic mass is 32.2. The van der Waals surface area contributed by atoms with E-state index in [9.17, 15) is 12.8 Å². The zero-order valence-electron chi connectivity index (χ0n) is 11.0. The second-order valence-corrected chi connectivity index (χ2v) is 6.19. The molecule has 110 valence electrons. The molecule has 0 radical (unpaired) electrons. The molecule has 0 aliphatic rings. The molecule has 6 nitrogen and oxygen atoms in total. The quantitative estimate of drug-likeness (QED) is 0.775. The maximum Gasteiger partial charge on any atom is 0.261 e. The number of hydrogen-bond donors (Lipinski definition) is 2. The number of nitrogens with one attached hydrogen (secondary N) is 2. The molecule has 0 aliphatic heterocycles. The van der Waals surface area contributed by atoms with Crippen LogP contribution in [0.3, 0.4) is 0 Å². The van der Waals surface area contributed by atoms with Crippen LogP contribution in [-0.2, 0) is 10.0 Å². The fourth-order valence-electron chi connectivity index (χ4n) is 2.01. The van der Waals surface area contributed by atoms with E-state index in [0.29, 0.717) is 10.9 Å². The predicted octanol–water partition coefficient (Wildman–Crippen LogP) is 2.37. The van der Waals surface area contributed by atoms with Gasteiger partial charge in [-0.1, -0.05) is 6.07 Å². The van der Waals surface area contributed by atoms with Crippen molar-refractivity contribution >= 4 is 26.6 Å². The first-order valence-corrected chi connectivity index (χ1v) is 7.64. The van der Waals surface area contributed by atoms with E-state index in [4.69, 9.17) is 5.26 Å². The van der Waals surface area contributed by atoms with Crippen LogP contribution in [0.5, 0.6) is 0 Å². The highest BCUT2D eigenvalue weighted by Crippen LogP contribution is 2.22. The van der Waals surface area contributed by atoms with Gasteiger partial charge in [-0.15, -0.1) is 0 Å². The monoisotopic (exact) mass is 316 g/mol. The molecule has 0 atom stereocenters. The smallest absolute Gasteiger partial charge is 0.261 e. The maximum atomic E-state index is 13.1. The lowest BCUT2D eigenvalue weighted by Crippen LogP contribution is -2.12. The number of hydrogen-bond acceptors (Lipinski definition) is 4. The van der Waals surface area contributed by atoms with E-state index < -0.39 is 15.8 Å². The number of halogens is 1. The summed E-state index contributed by atoms with van der Waals surface area (Å²) in [5.74, 6) is -0.544. The van der Waals surface area contributed by atoms with Gasteiger partial charge in [-0.05, 0) is 36.4 Å². The number of H-pyrrole nitrogens is 1. The van der Waals surface area contributed by atoms with Gasteiger partial charge in [0, 0.05) is 5.39 Å². The number of sulfonamides is 1. The van der Waals surface area contributed by atoms with Crippen molar-refractivity contribution in [1.82, 2.24) is 10.2 Å². The lowest BCUT2D eigenvalue weighted by atomic mass is 10.2. The molecule has 3 aromatic rings. The van der Waals surface area contributed by atoms with Crippen LogP contribution in [0.1, 0.15) is 5.69 Å². The first kappa shape index (κ1) is 14.0. The standard InChI is InChI=1S/C14H9FN4O2S/c15-9-2-1-3-10(6-9)19-22(20,21)11-4-5-13-12(7-11)14(8-16)18-17-13/h1-7,19H,(H,17,18). The van der Waals surface area contributed by atoms with Gasteiger partial charge in [-0.2, -0.15) is 10.4 Å². The highest BCUT2D eigenvalue weighted by Gasteiger charge is 2.17. The van der Waals surface area contributed by atoms with Crippen LogP contribution < -0.4 is 4.72 Å². The van der Waals surface area contributed by atoms with E-state index in [0.717, 1.165) is 6.07 Å². The number of aromatic amines is 1. The Morgan fingerprint density at radius 2 is 2.05 bits per heavy atom. The van der Waals surface area contributed by atoms with Gasteiger partial charge < -0.3 is 0 Å². The first-order chi connectivity index (χ1) is 10.5. The summed E-state index contributed by atoms with van der Waals surface area (Å²) in [6.45, 7) is 0. The van der Waals surface area contributed by atoms with Crippen molar-refractivity contribution < 1.29 is 12.8 Å². The molecular formula is C14H9FN4O2S. The predicted molar refractivity (Wildman–Crippen MR) is 78.0 cm³/mol. The minimum Gasteiger partial charge on any atom is -0.280 e. The molecule has 1 heterocycles. The fraction of sp³-hybridized carbons (Fsp3) is 0. The molecule has 3 rings (SSSR count). The average Bonchev–Trinajstić information content (AvgIpc) is 2.89. The normalized spacial score (nSPS) is 11.3. The molecule has 0 unspecified atom stereocenters. The molecule has 22 heavy (non-hydrogen) atoms. The number of nitrogens with zero attached hydrogens (tertiary/aromatic N) is 2. The van der Waals surface area contributed by atoms with Crippen LogP contribution >= 0.6 is 0 Å². The van der Waals surface area contributed by atoms with Crippen molar-refractivity contribution in [2.24, 2.45) is 0 Å². The molecule has 1 aromatic heterocycles. The fourth-order valence-corrected chi connectivity index (χ4v) is 3.09. The lowest BCUT2D eigenvalue weighted by Gasteiger charge is -2.08. The number of anilines is 1. The van der Waals surface area contributed by atoms with Crippen LogP contribution in [0.2, 0.25) is 0 Å². The summed E-state index contributed by atoms with van der Waals surface area (Å²) in [6, 6.07) is 11.3. The second kappa shape index (κ2) is 5.13. The summed E-state index contributed by atoms with van der Waals surface area (Å²) >= 11 is 0. The Morgan fingerprint density at radius 1 is 1.23 bits per heavy atom. The molecule has 0 bridgehead atoms. The summed E-state index contributed by atoms with van der Waals surface area (Å²) in [7, 11) is -3.89. The number of rotatable bonds is 3. The van der Waals surface area contributed by atoms with E-state index in [1.165, 1.54) is 36.4 Å². The summed E-state index contributed by atoms with van der Waals surface area (Å²) < 4.78 is 40.1. The van der Waals surface area contributed by atoms with Crippen molar-refractivity contribution in [3.63, 3.8) is 0 Å². The SMILES string of the molecule is N#Cc1n[nH]c2ccc(S(=O)(=O)Nc3cccc(F)c3)cc12. The van der Waals surface area contributed by atoms with Gasteiger partial charge >= 0.3 is 0 Å². The van der Waals surface area contributed by atoms with Crippen LogP contribution in [0, 0.1) is 17.1 Å². The Morgan fingerprint density at radius 3 is 2.77 bits per heavy atom. The Kier molecular flexibility index (Phi) is 3.27. The van der Waals surface area contributed by atoms with E-state index in [-0.39, 0.29) is 16.3 Å². The van der Waals surface area contributed by atoms with Crippen LogP contribution in [-0.4, -0.2) is 18.6 Å². The van der Waals surface area contributed by atoms with Gasteiger partial charge in [0.15, 0.2) is 5.69 Å². The van der Waals surface area contributed by atoms with Gasteiger partial charge in [-0.25, -0.2) is 12.8 Å². The van der Waals surface area contributed by atoms with E-state index in [2.05, 4.69) is 14.9 Å². The average molecular weight is 316 g/mol. The van der Waals surface area contributed by atoms with Crippen molar-refractivity contribution in [2.75, 3.05) is 4.72 Å². The van der Waals surface area contributed by atoms with Gasteiger partial charge in [0.1, 0.15) is 11.9 Å². The van der Waals surface area contributed by atoms with Crippen molar-refractivity contribution in [2.45, 2.75) is 4.90 Å². The molecular weight excluding hydrogens is 307 g/mol. The van der Waals surface area contributed by atoms with E-state index in [1.807, 2.05) is 6.07 Å². The zero-order valence-corrected chi connectivity index (χ0v) is 11.9. The van der Waals surface area contributed by atoms with Gasteiger partial charge in [0.2, 0.25) is 0 Å². The largest absolute Gasteiger partial charge is 0.280 e. The molecule has 0 fully saturated rings. The van der Waals surface area contributed by atoms with Crippen molar-refractivity contribution in [3.05, 3.63) is 54.0 Å². The molecule has 2 aromatic carbocycles. The van der Waals surface area contributed by atoms with Crippen LogP contribution in [0.4, 0.5) is 10.1 Å². The lowest BCUT2D eigenvalue weighted by molar-refractivity contribution is 0.601. The number of aromatic nitrogens is 2. The number of fused-ring (bicyclic) bond motifs is 1. The number of nitriles is 1.